The molecule has 0 saturated heterocycles. The molecule has 1 heterocycles. The number of aromatic nitrogens is 4. The zero-order valence-electron chi connectivity index (χ0n) is 10.8. The third-order valence-electron chi connectivity index (χ3n) is 2.85. The lowest BCUT2D eigenvalue weighted by Gasteiger charge is -2.06. The van der Waals surface area contributed by atoms with Crippen molar-refractivity contribution in [3.05, 3.63) is 56.5 Å². The Hall–Kier alpha value is -1.46. The van der Waals surface area contributed by atoms with Crippen LogP contribution in [0.15, 0.2) is 36.4 Å². The third-order valence-corrected chi connectivity index (χ3v) is 4.11. The second-order valence-corrected chi connectivity index (χ2v) is 5.87. The van der Waals surface area contributed by atoms with E-state index in [0.717, 1.165) is 0 Å². The van der Waals surface area contributed by atoms with Gasteiger partial charge in [-0.2, -0.15) is 0 Å². The smallest absolute Gasteiger partial charge is 0.126 e. The van der Waals surface area contributed by atoms with Gasteiger partial charge in [-0.1, -0.05) is 58.5 Å². The van der Waals surface area contributed by atoms with Gasteiger partial charge in [0.05, 0.1) is 31.2 Å². The molecular formula is C14H6Cl4N4. The van der Waals surface area contributed by atoms with E-state index < -0.39 is 0 Å². The maximum absolute atomic E-state index is 6.11. The van der Waals surface area contributed by atoms with Gasteiger partial charge in [0.25, 0.3) is 0 Å². The van der Waals surface area contributed by atoms with Gasteiger partial charge < -0.3 is 0 Å². The summed E-state index contributed by atoms with van der Waals surface area (Å²) in [5.74, 6) is 0.449. The molecule has 0 N–H and O–H groups in total. The van der Waals surface area contributed by atoms with Crippen LogP contribution in [-0.4, -0.2) is 20.4 Å². The Kier molecular flexibility index (Phi) is 4.45. The second-order valence-electron chi connectivity index (χ2n) is 4.24. The van der Waals surface area contributed by atoms with Crippen molar-refractivity contribution >= 4 is 46.4 Å². The van der Waals surface area contributed by atoms with Crippen molar-refractivity contribution in [2.45, 2.75) is 0 Å². The predicted molar refractivity (Wildman–Crippen MR) is 88.5 cm³/mol. The molecule has 0 atom stereocenters. The maximum atomic E-state index is 6.11. The van der Waals surface area contributed by atoms with E-state index in [9.17, 15) is 0 Å². The van der Waals surface area contributed by atoms with Crippen LogP contribution < -0.4 is 0 Å². The summed E-state index contributed by atoms with van der Waals surface area (Å²) in [5.41, 5.74) is 0.949. The van der Waals surface area contributed by atoms with E-state index in [-0.39, 0.29) is 11.6 Å². The van der Waals surface area contributed by atoms with Crippen LogP contribution in [0.5, 0.6) is 0 Å². The van der Waals surface area contributed by atoms with E-state index in [2.05, 4.69) is 20.4 Å². The Balaban J connectivity index is 2.08. The fourth-order valence-electron chi connectivity index (χ4n) is 1.85. The first-order valence-electron chi connectivity index (χ1n) is 6.04. The quantitative estimate of drug-likeness (QED) is 0.620. The molecule has 3 aromatic rings. The highest BCUT2D eigenvalue weighted by Gasteiger charge is 2.16. The van der Waals surface area contributed by atoms with E-state index in [0.29, 0.717) is 31.2 Å². The summed E-state index contributed by atoms with van der Waals surface area (Å²) in [6.07, 6.45) is 0. The highest BCUT2D eigenvalue weighted by Crippen LogP contribution is 2.34. The Morgan fingerprint density at radius 3 is 1.05 bits per heavy atom. The molecule has 0 aliphatic carbocycles. The third kappa shape index (κ3) is 2.88. The van der Waals surface area contributed by atoms with E-state index in [1.54, 1.807) is 36.4 Å². The predicted octanol–water partition coefficient (Wildman–Crippen LogP) is 5.21. The van der Waals surface area contributed by atoms with Crippen LogP contribution in [0.3, 0.4) is 0 Å². The number of benzene rings is 2. The minimum Gasteiger partial charge on any atom is -0.126 e. The molecule has 0 radical (unpaired) electrons. The van der Waals surface area contributed by atoms with Crippen molar-refractivity contribution in [3.63, 3.8) is 0 Å². The summed E-state index contributed by atoms with van der Waals surface area (Å²) in [6.45, 7) is 0. The SMILES string of the molecule is Clc1cccc(Cl)c1-c1nnc(-c2c(Cl)cccc2Cl)nn1. The van der Waals surface area contributed by atoms with E-state index in [1.807, 2.05) is 0 Å². The maximum Gasteiger partial charge on any atom is 0.206 e. The van der Waals surface area contributed by atoms with Crippen LogP contribution in [0, 0.1) is 0 Å². The molecule has 0 saturated carbocycles. The fraction of sp³-hybridized carbons (Fsp3) is 0. The first kappa shape index (κ1) is 15.4. The number of rotatable bonds is 2. The lowest BCUT2D eigenvalue weighted by Crippen LogP contribution is -2.00. The van der Waals surface area contributed by atoms with Gasteiger partial charge in [-0.25, -0.2) is 0 Å². The molecule has 0 aliphatic heterocycles. The van der Waals surface area contributed by atoms with Gasteiger partial charge in [0, 0.05) is 0 Å². The molecule has 22 heavy (non-hydrogen) atoms. The van der Waals surface area contributed by atoms with Gasteiger partial charge in [-0.15, -0.1) is 20.4 Å². The van der Waals surface area contributed by atoms with Crippen LogP contribution >= 0.6 is 46.4 Å². The monoisotopic (exact) mass is 370 g/mol. The van der Waals surface area contributed by atoms with Gasteiger partial charge >= 0.3 is 0 Å². The summed E-state index contributed by atoms with van der Waals surface area (Å²) in [6, 6.07) is 10.2. The van der Waals surface area contributed by atoms with Crippen molar-refractivity contribution in [1.82, 2.24) is 20.4 Å². The summed E-state index contributed by atoms with van der Waals surface area (Å²) in [4.78, 5) is 0. The fourth-order valence-corrected chi connectivity index (χ4v) is 2.99. The number of halogens is 4. The van der Waals surface area contributed by atoms with Crippen LogP contribution in [-0.2, 0) is 0 Å². The van der Waals surface area contributed by atoms with Crippen LogP contribution in [0.25, 0.3) is 22.8 Å². The minimum atomic E-state index is 0.225. The molecular weight excluding hydrogens is 366 g/mol. The molecule has 0 amide bonds. The van der Waals surface area contributed by atoms with Crippen molar-refractivity contribution in [2.24, 2.45) is 0 Å². The zero-order chi connectivity index (χ0) is 15.7. The topological polar surface area (TPSA) is 51.6 Å². The van der Waals surface area contributed by atoms with E-state index in [4.69, 9.17) is 46.4 Å². The van der Waals surface area contributed by atoms with Crippen molar-refractivity contribution in [3.8, 4) is 22.8 Å². The minimum absolute atomic E-state index is 0.225. The van der Waals surface area contributed by atoms with Crippen LogP contribution in [0.1, 0.15) is 0 Å². The number of nitrogens with zero attached hydrogens (tertiary/aromatic N) is 4. The Morgan fingerprint density at radius 2 is 0.773 bits per heavy atom. The van der Waals surface area contributed by atoms with Crippen LogP contribution in [0.2, 0.25) is 20.1 Å². The summed E-state index contributed by atoms with van der Waals surface area (Å²) in [5, 5.41) is 17.7. The Morgan fingerprint density at radius 1 is 0.500 bits per heavy atom. The highest BCUT2D eigenvalue weighted by molar-refractivity contribution is 6.39. The Bertz CT molecular complexity index is 726. The average Bonchev–Trinajstić information content (AvgIpc) is 2.48. The van der Waals surface area contributed by atoms with Crippen molar-refractivity contribution < 1.29 is 0 Å². The van der Waals surface area contributed by atoms with E-state index >= 15 is 0 Å². The molecule has 2 aromatic carbocycles. The molecule has 1 aromatic heterocycles. The first-order chi connectivity index (χ1) is 10.6. The molecule has 8 heteroatoms. The van der Waals surface area contributed by atoms with Gasteiger partial charge in [0.2, 0.25) is 11.6 Å². The molecule has 110 valence electrons. The Labute approximate surface area is 146 Å². The molecule has 3 rings (SSSR count). The summed E-state index contributed by atoms with van der Waals surface area (Å²) in [7, 11) is 0. The first-order valence-corrected chi connectivity index (χ1v) is 7.55. The standard InChI is InChI=1S/C14H6Cl4N4/c15-7-3-1-4-8(16)11(7)13-19-21-14(22-20-13)12-9(17)5-2-6-10(12)18/h1-6H. The normalized spacial score (nSPS) is 10.7. The van der Waals surface area contributed by atoms with Gasteiger partial charge in [0.1, 0.15) is 0 Å². The largest absolute Gasteiger partial charge is 0.206 e. The second kappa shape index (κ2) is 6.34. The van der Waals surface area contributed by atoms with Gasteiger partial charge in [-0.3, -0.25) is 0 Å². The number of hydrogen-bond donors (Lipinski definition) is 0. The van der Waals surface area contributed by atoms with Crippen LogP contribution in [0.4, 0.5) is 0 Å². The lowest BCUT2D eigenvalue weighted by atomic mass is 10.2. The summed E-state index contributed by atoms with van der Waals surface area (Å²) < 4.78 is 0. The molecule has 0 spiro atoms. The lowest BCUT2D eigenvalue weighted by molar-refractivity contribution is 0.876. The van der Waals surface area contributed by atoms with E-state index in [1.165, 1.54) is 0 Å². The highest BCUT2D eigenvalue weighted by atomic mass is 35.5. The molecule has 0 bridgehead atoms. The molecule has 0 fully saturated rings. The molecule has 0 unspecified atom stereocenters. The van der Waals surface area contributed by atoms with Gasteiger partial charge in [0.15, 0.2) is 0 Å². The van der Waals surface area contributed by atoms with Gasteiger partial charge in [-0.05, 0) is 24.3 Å². The average molecular weight is 372 g/mol. The molecule has 4 nitrogen and oxygen atoms in total. The van der Waals surface area contributed by atoms with Crippen molar-refractivity contribution in [1.29, 1.82) is 0 Å². The van der Waals surface area contributed by atoms with Crippen molar-refractivity contribution in [2.75, 3.05) is 0 Å². The number of hydrogen-bond acceptors (Lipinski definition) is 4. The zero-order valence-corrected chi connectivity index (χ0v) is 13.8. The molecule has 0 aliphatic rings. The summed E-state index contributed by atoms with van der Waals surface area (Å²) >= 11 is 24.4.